The number of imidazole rings is 2. The molecule has 0 saturated heterocycles. The van der Waals surface area contributed by atoms with E-state index in [0.29, 0.717) is 11.6 Å². The molecule has 3 N–H and O–H groups in total. The third-order valence-electron chi connectivity index (χ3n) is 2.14. The van der Waals surface area contributed by atoms with Gasteiger partial charge in [-0.1, -0.05) is 0 Å². The number of fused-ring (bicyclic) bond motifs is 1. The highest BCUT2D eigenvalue weighted by molar-refractivity contribution is 7.99. The van der Waals surface area contributed by atoms with Crippen LogP contribution in [0.3, 0.4) is 0 Å². The number of anilines is 1. The number of H-pyrrole nitrogens is 2. The van der Waals surface area contributed by atoms with Gasteiger partial charge in [0.05, 0.1) is 6.33 Å². The highest BCUT2D eigenvalue weighted by atomic mass is 32.2. The van der Waals surface area contributed by atoms with Gasteiger partial charge in [-0.25, -0.2) is 15.0 Å². The fourth-order valence-corrected chi connectivity index (χ4v) is 2.20. The lowest BCUT2D eigenvalue weighted by atomic mass is 10.5. The Bertz CT molecular complexity index is 630. The Balaban J connectivity index is 2.10. The molecule has 0 radical (unpaired) electrons. The first-order valence-corrected chi connectivity index (χ1v) is 5.74. The molecule has 0 saturated carbocycles. The van der Waals surface area contributed by atoms with Gasteiger partial charge in [-0.15, -0.1) is 0 Å². The van der Waals surface area contributed by atoms with E-state index < -0.39 is 0 Å². The molecule has 3 aromatic heterocycles. The topological polar surface area (TPSA) is 95.2 Å². The van der Waals surface area contributed by atoms with Crippen LogP contribution in [0, 0.1) is 0 Å². The summed E-state index contributed by atoms with van der Waals surface area (Å²) in [5.74, 6) is 0.540. The summed E-state index contributed by atoms with van der Waals surface area (Å²) in [5, 5.41) is 4.47. The zero-order valence-electron chi connectivity index (χ0n) is 8.93. The van der Waals surface area contributed by atoms with Gasteiger partial charge in [0.2, 0.25) is 5.95 Å². The van der Waals surface area contributed by atoms with Crippen molar-refractivity contribution in [2.75, 3.05) is 12.4 Å². The van der Waals surface area contributed by atoms with Gasteiger partial charge in [-0.05, 0) is 11.8 Å². The van der Waals surface area contributed by atoms with Gasteiger partial charge in [0.1, 0.15) is 10.5 Å². The predicted octanol–water partition coefficient (Wildman–Crippen LogP) is 1.27. The highest BCUT2D eigenvalue weighted by Crippen LogP contribution is 2.28. The molecule has 0 spiro atoms. The van der Waals surface area contributed by atoms with E-state index in [1.54, 1.807) is 25.8 Å². The molecule has 7 nitrogen and oxygen atoms in total. The first-order chi connectivity index (χ1) is 8.36. The molecule has 3 heterocycles. The van der Waals surface area contributed by atoms with Crippen molar-refractivity contribution >= 4 is 28.9 Å². The van der Waals surface area contributed by atoms with Gasteiger partial charge in [0.25, 0.3) is 0 Å². The predicted molar refractivity (Wildman–Crippen MR) is 63.9 cm³/mol. The summed E-state index contributed by atoms with van der Waals surface area (Å²) >= 11 is 1.43. The molecule has 0 aliphatic rings. The lowest BCUT2D eigenvalue weighted by Gasteiger charge is -2.02. The molecule has 0 fully saturated rings. The first-order valence-electron chi connectivity index (χ1n) is 4.93. The van der Waals surface area contributed by atoms with Gasteiger partial charge >= 0.3 is 0 Å². The summed E-state index contributed by atoms with van der Waals surface area (Å²) in [7, 11) is 1.77. The van der Waals surface area contributed by atoms with E-state index in [9.17, 15) is 0 Å². The van der Waals surface area contributed by atoms with Crippen LogP contribution in [0.1, 0.15) is 0 Å². The number of nitrogens with zero attached hydrogens (tertiary/aromatic N) is 4. The van der Waals surface area contributed by atoms with Gasteiger partial charge in [-0.3, -0.25) is 0 Å². The number of nitrogens with one attached hydrogen (secondary N) is 3. The Morgan fingerprint density at radius 1 is 1.24 bits per heavy atom. The van der Waals surface area contributed by atoms with E-state index in [-0.39, 0.29) is 0 Å². The van der Waals surface area contributed by atoms with Crippen LogP contribution in [0.2, 0.25) is 0 Å². The van der Waals surface area contributed by atoms with Crippen molar-refractivity contribution in [3.05, 3.63) is 18.7 Å². The van der Waals surface area contributed by atoms with Crippen LogP contribution in [-0.2, 0) is 0 Å². The maximum absolute atomic E-state index is 4.38. The molecule has 0 aliphatic heterocycles. The normalized spacial score (nSPS) is 10.9. The summed E-state index contributed by atoms with van der Waals surface area (Å²) in [6, 6.07) is 0. The molecule has 3 aromatic rings. The molecule has 0 bridgehead atoms. The van der Waals surface area contributed by atoms with E-state index in [2.05, 4.69) is 35.2 Å². The molecular weight excluding hydrogens is 238 g/mol. The summed E-state index contributed by atoms with van der Waals surface area (Å²) in [6.07, 6.45) is 5.07. The fraction of sp³-hybridized carbons (Fsp3) is 0.111. The zero-order chi connectivity index (χ0) is 11.7. The average Bonchev–Trinajstić information content (AvgIpc) is 2.98. The second kappa shape index (κ2) is 4.06. The van der Waals surface area contributed by atoms with Crippen molar-refractivity contribution in [3.63, 3.8) is 0 Å². The van der Waals surface area contributed by atoms with E-state index in [0.717, 1.165) is 15.7 Å². The maximum atomic E-state index is 4.38. The quantitative estimate of drug-likeness (QED) is 0.603. The van der Waals surface area contributed by atoms with Crippen molar-refractivity contribution in [2.24, 2.45) is 0 Å². The monoisotopic (exact) mass is 247 g/mol. The van der Waals surface area contributed by atoms with Crippen molar-refractivity contribution < 1.29 is 0 Å². The molecule has 17 heavy (non-hydrogen) atoms. The Labute approximate surface area is 101 Å². The number of hydrogen-bond donors (Lipinski definition) is 3. The fourth-order valence-electron chi connectivity index (χ4n) is 1.39. The summed E-state index contributed by atoms with van der Waals surface area (Å²) in [5.41, 5.74) is 1.45. The van der Waals surface area contributed by atoms with Crippen molar-refractivity contribution in [2.45, 2.75) is 10.2 Å². The first kappa shape index (κ1) is 10.1. The van der Waals surface area contributed by atoms with Crippen LogP contribution in [0.15, 0.2) is 28.9 Å². The number of aromatic nitrogens is 6. The summed E-state index contributed by atoms with van der Waals surface area (Å²) < 4.78 is 0. The Morgan fingerprint density at radius 3 is 2.94 bits per heavy atom. The SMILES string of the molecule is CNc1nc(Sc2ncc[nH]2)c2[nH]cnc2n1. The van der Waals surface area contributed by atoms with E-state index in [1.165, 1.54) is 11.8 Å². The van der Waals surface area contributed by atoms with Gasteiger partial charge < -0.3 is 15.3 Å². The summed E-state index contributed by atoms with van der Waals surface area (Å²) in [4.78, 5) is 22.9. The van der Waals surface area contributed by atoms with Gasteiger partial charge in [0.15, 0.2) is 10.8 Å². The van der Waals surface area contributed by atoms with Crippen molar-refractivity contribution in [1.82, 2.24) is 29.9 Å². The standard InChI is InChI=1S/C9H9N7S/c1-10-8-15-6-5(13-4-14-6)7(16-8)17-9-11-2-3-12-9/h2-4H,1H3,(H,11,12)(H2,10,13,14,15,16). The lowest BCUT2D eigenvalue weighted by molar-refractivity contribution is 1.03. The highest BCUT2D eigenvalue weighted by Gasteiger charge is 2.11. The maximum Gasteiger partial charge on any atom is 0.225 e. The third kappa shape index (κ3) is 1.82. The van der Waals surface area contributed by atoms with Gasteiger partial charge in [0, 0.05) is 19.4 Å². The Kier molecular flexibility index (Phi) is 2.41. The average molecular weight is 247 g/mol. The number of hydrogen-bond acceptors (Lipinski definition) is 6. The molecular formula is C9H9N7S. The minimum Gasteiger partial charge on any atom is -0.357 e. The zero-order valence-corrected chi connectivity index (χ0v) is 9.75. The molecule has 8 heteroatoms. The number of aromatic amines is 2. The molecule has 3 rings (SSSR count). The molecule has 0 aliphatic carbocycles. The van der Waals surface area contributed by atoms with E-state index >= 15 is 0 Å². The van der Waals surface area contributed by atoms with Crippen LogP contribution in [0.5, 0.6) is 0 Å². The number of rotatable bonds is 3. The molecule has 86 valence electrons. The van der Waals surface area contributed by atoms with E-state index in [4.69, 9.17) is 0 Å². The minimum absolute atomic E-state index is 0.540. The summed E-state index contributed by atoms with van der Waals surface area (Å²) in [6.45, 7) is 0. The largest absolute Gasteiger partial charge is 0.357 e. The second-order valence-corrected chi connectivity index (χ2v) is 4.18. The van der Waals surface area contributed by atoms with Crippen LogP contribution in [-0.4, -0.2) is 37.0 Å². The molecule has 0 amide bonds. The van der Waals surface area contributed by atoms with Crippen LogP contribution in [0.4, 0.5) is 5.95 Å². The molecule has 0 unspecified atom stereocenters. The minimum atomic E-state index is 0.540. The Hall–Kier alpha value is -2.09. The Morgan fingerprint density at radius 2 is 2.18 bits per heavy atom. The van der Waals surface area contributed by atoms with Crippen molar-refractivity contribution in [3.8, 4) is 0 Å². The van der Waals surface area contributed by atoms with E-state index in [1.807, 2.05) is 0 Å². The second-order valence-electron chi connectivity index (χ2n) is 3.20. The lowest BCUT2D eigenvalue weighted by Crippen LogP contribution is -1.98. The smallest absolute Gasteiger partial charge is 0.225 e. The van der Waals surface area contributed by atoms with Crippen LogP contribution in [0.25, 0.3) is 11.2 Å². The third-order valence-corrected chi connectivity index (χ3v) is 3.05. The van der Waals surface area contributed by atoms with Crippen LogP contribution < -0.4 is 5.32 Å². The van der Waals surface area contributed by atoms with Crippen LogP contribution >= 0.6 is 11.8 Å². The molecule has 0 aromatic carbocycles. The van der Waals surface area contributed by atoms with Crippen molar-refractivity contribution in [1.29, 1.82) is 0 Å². The molecule has 0 atom stereocenters. The van der Waals surface area contributed by atoms with Gasteiger partial charge in [-0.2, -0.15) is 4.98 Å².